The minimum Gasteiger partial charge on any atom is -0.467 e. The maximum Gasteiger partial charge on any atom is 0.422 e. The predicted octanol–water partition coefficient (Wildman–Crippen LogP) is 4.18. The number of nitrogens with zero attached hydrogens (tertiary/aromatic N) is 3. The van der Waals surface area contributed by atoms with Crippen LogP contribution in [0.15, 0.2) is 64.7 Å². The number of rotatable bonds is 8. The number of amidine groups is 1. The van der Waals surface area contributed by atoms with Gasteiger partial charge in [0.15, 0.2) is 11.8 Å². The Morgan fingerprint density at radius 3 is 2.62 bits per heavy atom. The monoisotopic (exact) mass is 471 g/mol. The van der Waals surface area contributed by atoms with E-state index in [-0.39, 0.29) is 22.3 Å². The molecule has 1 aromatic rings. The van der Waals surface area contributed by atoms with Crippen molar-refractivity contribution in [3.63, 3.8) is 0 Å². The van der Waals surface area contributed by atoms with Gasteiger partial charge in [-0.1, -0.05) is 25.3 Å². The van der Waals surface area contributed by atoms with Crippen LogP contribution in [-0.2, 0) is 0 Å². The van der Waals surface area contributed by atoms with Gasteiger partial charge in [0.05, 0.1) is 12.4 Å². The number of carbonyl (C=O) groups excluding carboxylic acids is 1. The van der Waals surface area contributed by atoms with Crippen molar-refractivity contribution in [1.82, 2.24) is 15.3 Å². The van der Waals surface area contributed by atoms with Gasteiger partial charge in [0, 0.05) is 11.3 Å². The van der Waals surface area contributed by atoms with Crippen LogP contribution in [0.25, 0.3) is 0 Å². The van der Waals surface area contributed by atoms with Crippen LogP contribution < -0.4 is 15.8 Å². The van der Waals surface area contributed by atoms with Crippen LogP contribution in [0.5, 0.6) is 5.88 Å². The van der Waals surface area contributed by atoms with Gasteiger partial charge in [-0.3, -0.25) is 4.79 Å². The van der Waals surface area contributed by atoms with Crippen molar-refractivity contribution in [2.45, 2.75) is 32.0 Å². The number of ether oxygens (including phenoxy) is 1. The molecule has 7 nitrogen and oxygen atoms in total. The zero-order valence-corrected chi connectivity index (χ0v) is 18.1. The maximum atomic E-state index is 14.6. The lowest BCUT2D eigenvalue weighted by Crippen LogP contribution is -2.28. The summed E-state index contributed by atoms with van der Waals surface area (Å²) in [6.07, 6.45) is 1.90. The largest absolute Gasteiger partial charge is 0.467 e. The fraction of sp³-hybridized carbons (Fsp3) is 0.300. The highest BCUT2D eigenvalue weighted by atomic mass is 32.2. The lowest BCUT2D eigenvalue weighted by molar-refractivity contribution is -0.154. The van der Waals surface area contributed by atoms with Crippen molar-refractivity contribution in [1.29, 1.82) is 0 Å². The first-order valence-corrected chi connectivity index (χ1v) is 10.1. The third-order valence-corrected chi connectivity index (χ3v) is 4.76. The Balaban J connectivity index is 2.05. The average molecular weight is 471 g/mol. The van der Waals surface area contributed by atoms with Crippen LogP contribution in [-0.4, -0.2) is 39.4 Å². The molecule has 1 amide bonds. The van der Waals surface area contributed by atoms with E-state index in [0.717, 1.165) is 18.5 Å². The van der Waals surface area contributed by atoms with Crippen LogP contribution in [0.3, 0.4) is 0 Å². The van der Waals surface area contributed by atoms with E-state index in [2.05, 4.69) is 31.6 Å². The summed E-state index contributed by atoms with van der Waals surface area (Å²) in [7, 11) is 0. The number of halogens is 4. The van der Waals surface area contributed by atoms with Gasteiger partial charge in [0.2, 0.25) is 5.88 Å². The summed E-state index contributed by atoms with van der Waals surface area (Å²) in [5.41, 5.74) is 4.98. The first kappa shape index (κ1) is 25.1. The summed E-state index contributed by atoms with van der Waals surface area (Å²) in [5.74, 6) is -1.69. The number of aliphatic imine (C=N–C) groups is 1. The van der Waals surface area contributed by atoms with Crippen molar-refractivity contribution in [2.24, 2.45) is 10.7 Å². The van der Waals surface area contributed by atoms with Crippen molar-refractivity contribution < 1.29 is 27.1 Å². The summed E-state index contributed by atoms with van der Waals surface area (Å²) >= 11 is 1.22. The van der Waals surface area contributed by atoms with E-state index in [1.807, 2.05) is 0 Å². The molecule has 0 unspecified atom stereocenters. The average Bonchev–Trinajstić information content (AvgIpc) is 2.73. The lowest BCUT2D eigenvalue weighted by Gasteiger charge is -2.26. The fourth-order valence-corrected chi connectivity index (χ4v) is 3.05. The molecular formula is C20H21F4N5O2S. The highest BCUT2D eigenvalue weighted by molar-refractivity contribution is 8.16. The zero-order valence-electron chi connectivity index (χ0n) is 17.2. The molecule has 172 valence electrons. The van der Waals surface area contributed by atoms with Gasteiger partial charge < -0.3 is 15.8 Å². The highest BCUT2D eigenvalue weighted by Crippen LogP contribution is 2.33. The van der Waals surface area contributed by atoms with Gasteiger partial charge in [0.25, 0.3) is 5.91 Å². The van der Waals surface area contributed by atoms with Crippen LogP contribution in [0, 0.1) is 0 Å². The molecule has 0 saturated heterocycles. The summed E-state index contributed by atoms with van der Waals surface area (Å²) in [6.45, 7) is 5.63. The number of thioether (sulfide) groups is 1. The van der Waals surface area contributed by atoms with Gasteiger partial charge in [-0.05, 0) is 37.0 Å². The highest BCUT2D eigenvalue weighted by Gasteiger charge is 2.29. The van der Waals surface area contributed by atoms with Gasteiger partial charge in [-0.15, -0.1) is 0 Å². The molecule has 0 saturated carbocycles. The Morgan fingerprint density at radius 1 is 1.34 bits per heavy atom. The molecule has 0 aromatic carbocycles. The van der Waals surface area contributed by atoms with Gasteiger partial charge in [-0.2, -0.15) is 13.2 Å². The van der Waals surface area contributed by atoms with E-state index in [1.54, 1.807) is 25.3 Å². The summed E-state index contributed by atoms with van der Waals surface area (Å²) in [5, 5.41) is 4.53. The molecule has 2 heterocycles. The molecule has 0 bridgehead atoms. The molecule has 2 rings (SSSR count). The molecule has 12 heteroatoms. The topological polar surface area (TPSA) is 102 Å². The standard InChI is InChI=1S/C20H21F4N5O2S/c1-4-13(5-6-14(21)12(2)19(3)7-8-32-18(25)29-19)28-17(30)15-9-27-16(10-26-15)31-11-20(22,23)24/h5-10H,2,4,11H2,1,3H3,(H2,25,29)(H,28,30)/b13-5+,14-6+/t19-/m0/s1. The third-order valence-electron chi connectivity index (χ3n) is 4.15. The zero-order chi connectivity index (χ0) is 23.9. The molecule has 1 atom stereocenters. The van der Waals surface area contributed by atoms with Crippen molar-refractivity contribution >= 4 is 22.8 Å². The Kier molecular flexibility index (Phi) is 8.19. The molecule has 0 fully saturated rings. The molecule has 1 aliphatic rings. The molecule has 1 aromatic heterocycles. The second-order valence-corrected chi connectivity index (χ2v) is 7.58. The van der Waals surface area contributed by atoms with E-state index in [1.165, 1.54) is 17.8 Å². The summed E-state index contributed by atoms with van der Waals surface area (Å²) < 4.78 is 55.6. The predicted molar refractivity (Wildman–Crippen MR) is 115 cm³/mol. The fourth-order valence-electron chi connectivity index (χ4n) is 2.33. The van der Waals surface area contributed by atoms with Crippen molar-refractivity contribution in [3.8, 4) is 5.88 Å². The first-order valence-electron chi connectivity index (χ1n) is 9.22. The second kappa shape index (κ2) is 10.4. The van der Waals surface area contributed by atoms with Gasteiger partial charge >= 0.3 is 6.18 Å². The smallest absolute Gasteiger partial charge is 0.422 e. The number of hydrogen-bond acceptors (Lipinski definition) is 7. The van der Waals surface area contributed by atoms with Crippen molar-refractivity contribution in [3.05, 3.63) is 65.4 Å². The van der Waals surface area contributed by atoms with E-state index in [9.17, 15) is 22.4 Å². The minimum absolute atomic E-state index is 0.0929. The summed E-state index contributed by atoms with van der Waals surface area (Å²) in [6, 6.07) is 0. The SMILES string of the molecule is C=C(/C(F)=C\C=C(/CC)NC(=O)c1cnc(OCC(F)(F)F)cn1)[C@]1(C)C=CSC(N)=N1. The number of carbonyl (C=O) groups is 1. The Labute approximate surface area is 186 Å². The molecule has 1 aliphatic heterocycles. The minimum atomic E-state index is -4.52. The molecule has 0 radical (unpaired) electrons. The van der Waals surface area contributed by atoms with Gasteiger partial charge in [-0.25, -0.2) is 19.4 Å². The number of amides is 1. The first-order chi connectivity index (χ1) is 14.9. The van der Waals surface area contributed by atoms with Crippen LogP contribution in [0.4, 0.5) is 17.6 Å². The molecule has 0 aliphatic carbocycles. The third kappa shape index (κ3) is 7.22. The van der Waals surface area contributed by atoms with E-state index in [0.29, 0.717) is 12.1 Å². The number of aromatic nitrogens is 2. The summed E-state index contributed by atoms with van der Waals surface area (Å²) in [4.78, 5) is 23.9. The number of hydrogen-bond donors (Lipinski definition) is 2. The Morgan fingerprint density at radius 2 is 2.06 bits per heavy atom. The quantitative estimate of drug-likeness (QED) is 0.436. The van der Waals surface area contributed by atoms with Crippen molar-refractivity contribution in [2.75, 3.05) is 6.61 Å². The van der Waals surface area contributed by atoms with E-state index in [4.69, 9.17) is 5.73 Å². The maximum absolute atomic E-state index is 14.6. The van der Waals surface area contributed by atoms with E-state index >= 15 is 0 Å². The van der Waals surface area contributed by atoms with Gasteiger partial charge in [0.1, 0.15) is 17.1 Å². The second-order valence-electron chi connectivity index (χ2n) is 6.65. The van der Waals surface area contributed by atoms with E-state index < -0.39 is 30.1 Å². The molecular weight excluding hydrogens is 450 g/mol. The Bertz CT molecular complexity index is 987. The molecule has 0 spiro atoms. The number of allylic oxidation sites excluding steroid dienone is 3. The molecule has 32 heavy (non-hydrogen) atoms. The number of nitrogens with two attached hydrogens (primary N) is 1. The Hall–Kier alpha value is -3.15. The van der Waals surface area contributed by atoms with Crippen LogP contribution in [0.2, 0.25) is 0 Å². The number of alkyl halides is 3. The number of nitrogens with one attached hydrogen (secondary N) is 1. The molecule has 3 N–H and O–H groups in total. The lowest BCUT2D eigenvalue weighted by atomic mass is 9.92. The normalized spacial score (nSPS) is 19.4. The van der Waals surface area contributed by atoms with Crippen LogP contribution >= 0.6 is 11.8 Å². The van der Waals surface area contributed by atoms with Crippen LogP contribution in [0.1, 0.15) is 30.8 Å².